The lowest BCUT2D eigenvalue weighted by molar-refractivity contribution is -0.126. The molecule has 1 aliphatic heterocycles. The van der Waals surface area contributed by atoms with Gasteiger partial charge in [0.2, 0.25) is 5.91 Å². The predicted octanol–water partition coefficient (Wildman–Crippen LogP) is 2.14. The topological polar surface area (TPSA) is 70.7 Å². The molecule has 0 spiro atoms. The zero-order valence-electron chi connectivity index (χ0n) is 14.5. The minimum absolute atomic E-state index is 0.0411. The van der Waals surface area contributed by atoms with E-state index in [1.165, 1.54) is 0 Å². The molecule has 1 aromatic rings. The van der Waals surface area contributed by atoms with Gasteiger partial charge in [-0.15, -0.1) is 0 Å². The van der Waals surface area contributed by atoms with Crippen LogP contribution < -0.4 is 15.4 Å². The van der Waals surface area contributed by atoms with Gasteiger partial charge >= 0.3 is 6.03 Å². The highest BCUT2D eigenvalue weighted by Crippen LogP contribution is 2.17. The number of ether oxygens (including phenoxy) is 1. The Bertz CT molecular complexity index is 562. The van der Waals surface area contributed by atoms with Crippen molar-refractivity contribution in [1.29, 1.82) is 0 Å². The summed E-state index contributed by atoms with van der Waals surface area (Å²) in [6, 6.07) is 7.58. The molecular weight excluding hydrogens is 306 g/mol. The van der Waals surface area contributed by atoms with Gasteiger partial charge in [-0.1, -0.05) is 12.1 Å². The van der Waals surface area contributed by atoms with Crippen molar-refractivity contribution >= 4 is 11.9 Å². The van der Waals surface area contributed by atoms with Crippen LogP contribution in [0.5, 0.6) is 5.75 Å². The van der Waals surface area contributed by atoms with E-state index in [-0.39, 0.29) is 17.9 Å². The number of nitrogens with zero attached hydrogens (tertiary/aromatic N) is 1. The van der Waals surface area contributed by atoms with Gasteiger partial charge < -0.3 is 20.3 Å². The molecule has 0 bridgehead atoms. The molecule has 0 saturated carbocycles. The van der Waals surface area contributed by atoms with Crippen molar-refractivity contribution < 1.29 is 14.3 Å². The Morgan fingerprint density at radius 1 is 1.29 bits per heavy atom. The van der Waals surface area contributed by atoms with Gasteiger partial charge in [0, 0.05) is 26.2 Å². The molecule has 6 nitrogen and oxygen atoms in total. The molecule has 0 unspecified atom stereocenters. The summed E-state index contributed by atoms with van der Waals surface area (Å²) < 4.78 is 5.47. The summed E-state index contributed by atoms with van der Waals surface area (Å²) in [6.07, 6.45) is 1.70. The molecule has 1 saturated heterocycles. The fourth-order valence-corrected chi connectivity index (χ4v) is 2.90. The number of hydrogen-bond acceptors (Lipinski definition) is 3. The second-order valence-electron chi connectivity index (χ2n) is 5.92. The highest BCUT2D eigenvalue weighted by molar-refractivity contribution is 5.80. The Hall–Kier alpha value is -2.24. The first kappa shape index (κ1) is 18.1. The van der Waals surface area contributed by atoms with E-state index in [1.807, 2.05) is 38.1 Å². The molecule has 132 valence electrons. The average Bonchev–Trinajstić information content (AvgIpc) is 2.60. The molecular formula is C18H27N3O3. The number of carbonyl (C=O) groups is 2. The Balaban J connectivity index is 1.85. The third-order valence-corrected chi connectivity index (χ3v) is 4.08. The number of piperidine rings is 1. The number of rotatable bonds is 6. The third kappa shape index (κ3) is 5.15. The molecule has 3 amide bonds. The lowest BCUT2D eigenvalue weighted by Crippen LogP contribution is -2.48. The molecule has 1 heterocycles. The highest BCUT2D eigenvalue weighted by atomic mass is 16.5. The summed E-state index contributed by atoms with van der Waals surface area (Å²) in [5.41, 5.74) is 0.992. The Morgan fingerprint density at radius 3 is 2.88 bits per heavy atom. The number of benzene rings is 1. The largest absolute Gasteiger partial charge is 0.494 e. The highest BCUT2D eigenvalue weighted by Gasteiger charge is 2.27. The van der Waals surface area contributed by atoms with E-state index in [1.54, 1.807) is 4.90 Å². The number of amides is 3. The summed E-state index contributed by atoms with van der Waals surface area (Å²) >= 11 is 0. The van der Waals surface area contributed by atoms with Crippen molar-refractivity contribution in [3.63, 3.8) is 0 Å². The normalized spacial score (nSPS) is 17.2. The van der Waals surface area contributed by atoms with Gasteiger partial charge in [0.05, 0.1) is 12.5 Å². The standard InChI is InChI=1S/C18H27N3O3/c1-3-19-17(22)15-8-6-10-21(13-15)18(23)20-12-14-7-5-9-16(11-14)24-4-2/h5,7,9,11,15H,3-4,6,8,10,12-13H2,1-2H3,(H,19,22)(H,20,23)/t15-/m1/s1. The molecule has 1 fully saturated rings. The molecule has 2 N–H and O–H groups in total. The van der Waals surface area contributed by atoms with Crippen LogP contribution in [0.2, 0.25) is 0 Å². The van der Waals surface area contributed by atoms with Crippen LogP contribution in [0.15, 0.2) is 24.3 Å². The van der Waals surface area contributed by atoms with Crippen LogP contribution in [0.1, 0.15) is 32.3 Å². The second-order valence-corrected chi connectivity index (χ2v) is 5.92. The average molecular weight is 333 g/mol. The lowest BCUT2D eigenvalue weighted by atomic mass is 9.97. The van der Waals surface area contributed by atoms with Gasteiger partial charge in [-0.3, -0.25) is 4.79 Å². The number of carbonyl (C=O) groups excluding carboxylic acids is 2. The van der Waals surface area contributed by atoms with Gasteiger partial charge in [0.25, 0.3) is 0 Å². The maximum atomic E-state index is 12.4. The molecule has 0 aromatic heterocycles. The number of likely N-dealkylation sites (tertiary alicyclic amines) is 1. The van der Waals surface area contributed by atoms with E-state index in [4.69, 9.17) is 4.74 Å². The summed E-state index contributed by atoms with van der Waals surface area (Å²) in [5.74, 6) is 0.740. The van der Waals surface area contributed by atoms with E-state index in [0.29, 0.717) is 32.8 Å². The number of urea groups is 1. The summed E-state index contributed by atoms with van der Waals surface area (Å²) in [5, 5.41) is 5.77. The monoisotopic (exact) mass is 333 g/mol. The SMILES string of the molecule is CCNC(=O)[C@@H]1CCCN(C(=O)NCc2cccc(OCC)c2)C1. The molecule has 1 aromatic carbocycles. The number of nitrogens with one attached hydrogen (secondary N) is 2. The minimum Gasteiger partial charge on any atom is -0.494 e. The molecule has 1 atom stereocenters. The zero-order valence-corrected chi connectivity index (χ0v) is 14.5. The van der Waals surface area contributed by atoms with Crippen LogP contribution >= 0.6 is 0 Å². The van der Waals surface area contributed by atoms with Crippen molar-refractivity contribution in [3.8, 4) is 5.75 Å². The Morgan fingerprint density at radius 2 is 2.12 bits per heavy atom. The van der Waals surface area contributed by atoms with Gasteiger partial charge in [-0.05, 0) is 44.4 Å². The van der Waals surface area contributed by atoms with Crippen LogP contribution in [0.25, 0.3) is 0 Å². The van der Waals surface area contributed by atoms with Crippen molar-refractivity contribution in [1.82, 2.24) is 15.5 Å². The zero-order chi connectivity index (χ0) is 17.4. The van der Waals surface area contributed by atoms with Gasteiger partial charge in [0.1, 0.15) is 5.75 Å². The summed E-state index contributed by atoms with van der Waals surface area (Å²) in [4.78, 5) is 26.1. The fraction of sp³-hybridized carbons (Fsp3) is 0.556. The van der Waals surface area contributed by atoms with Crippen LogP contribution in [0.3, 0.4) is 0 Å². The second kappa shape index (κ2) is 9.15. The maximum Gasteiger partial charge on any atom is 0.317 e. The minimum atomic E-state index is -0.120. The Kier molecular flexibility index (Phi) is 6.90. The van der Waals surface area contributed by atoms with E-state index in [0.717, 1.165) is 24.2 Å². The first-order chi connectivity index (χ1) is 11.6. The molecule has 1 aliphatic rings. The van der Waals surface area contributed by atoms with Crippen LogP contribution in [0, 0.1) is 5.92 Å². The quantitative estimate of drug-likeness (QED) is 0.838. The van der Waals surface area contributed by atoms with Crippen molar-refractivity contribution in [2.45, 2.75) is 33.2 Å². The van der Waals surface area contributed by atoms with Gasteiger partial charge in [-0.2, -0.15) is 0 Å². The van der Waals surface area contributed by atoms with Crippen LogP contribution in [-0.4, -0.2) is 43.1 Å². The molecule has 0 radical (unpaired) electrons. The van der Waals surface area contributed by atoms with E-state index < -0.39 is 0 Å². The fourth-order valence-electron chi connectivity index (χ4n) is 2.90. The first-order valence-corrected chi connectivity index (χ1v) is 8.66. The molecule has 6 heteroatoms. The molecule has 24 heavy (non-hydrogen) atoms. The molecule has 2 rings (SSSR count). The van der Waals surface area contributed by atoms with Crippen molar-refractivity contribution in [3.05, 3.63) is 29.8 Å². The van der Waals surface area contributed by atoms with Gasteiger partial charge in [-0.25, -0.2) is 4.79 Å². The van der Waals surface area contributed by atoms with Gasteiger partial charge in [0.15, 0.2) is 0 Å². The van der Waals surface area contributed by atoms with Crippen molar-refractivity contribution in [2.75, 3.05) is 26.2 Å². The third-order valence-electron chi connectivity index (χ3n) is 4.08. The summed E-state index contributed by atoms with van der Waals surface area (Å²) in [6.45, 7) is 6.71. The number of hydrogen-bond donors (Lipinski definition) is 2. The smallest absolute Gasteiger partial charge is 0.317 e. The molecule has 0 aliphatic carbocycles. The Labute approximate surface area is 143 Å². The van der Waals surface area contributed by atoms with Crippen molar-refractivity contribution in [2.24, 2.45) is 5.92 Å². The predicted molar refractivity (Wildman–Crippen MR) is 92.8 cm³/mol. The van der Waals surface area contributed by atoms with Crippen LogP contribution in [-0.2, 0) is 11.3 Å². The first-order valence-electron chi connectivity index (χ1n) is 8.66. The summed E-state index contributed by atoms with van der Waals surface area (Å²) in [7, 11) is 0. The van der Waals surface area contributed by atoms with E-state index >= 15 is 0 Å². The lowest BCUT2D eigenvalue weighted by Gasteiger charge is -2.32. The van der Waals surface area contributed by atoms with E-state index in [2.05, 4.69) is 10.6 Å². The maximum absolute atomic E-state index is 12.4. The van der Waals surface area contributed by atoms with Crippen LogP contribution in [0.4, 0.5) is 4.79 Å². The van der Waals surface area contributed by atoms with E-state index in [9.17, 15) is 9.59 Å².